The Morgan fingerprint density at radius 2 is 2.06 bits per heavy atom. The highest BCUT2D eigenvalue weighted by molar-refractivity contribution is 5.30. The summed E-state index contributed by atoms with van der Waals surface area (Å²) in [4.78, 5) is 0. The van der Waals surface area contributed by atoms with E-state index in [0.29, 0.717) is 6.61 Å². The van der Waals surface area contributed by atoms with Gasteiger partial charge in [0, 0.05) is 0 Å². The van der Waals surface area contributed by atoms with Gasteiger partial charge < -0.3 is 14.8 Å². The van der Waals surface area contributed by atoms with E-state index in [1.807, 2.05) is 39.1 Å². The Morgan fingerprint density at radius 1 is 1.31 bits per heavy atom. The van der Waals surface area contributed by atoms with Gasteiger partial charge in [-0.25, -0.2) is 0 Å². The van der Waals surface area contributed by atoms with E-state index < -0.39 is 0 Å². The summed E-state index contributed by atoms with van der Waals surface area (Å²) in [5.74, 6) is 0.877. The van der Waals surface area contributed by atoms with Gasteiger partial charge in [0.2, 0.25) is 0 Å². The standard InChI is InChI=1S/C13H21NO2/c1-10(2)16-9-13(14-3)11-6-5-7-12(8-11)15-4/h5-8,10,13-14H,9H2,1-4H3. The number of benzene rings is 1. The molecule has 16 heavy (non-hydrogen) atoms. The third kappa shape index (κ3) is 3.83. The monoisotopic (exact) mass is 223 g/mol. The van der Waals surface area contributed by atoms with E-state index >= 15 is 0 Å². The van der Waals surface area contributed by atoms with Crippen molar-refractivity contribution in [1.29, 1.82) is 0 Å². The fraction of sp³-hybridized carbons (Fsp3) is 0.538. The molecule has 3 nitrogen and oxygen atoms in total. The van der Waals surface area contributed by atoms with Gasteiger partial charge in [-0.3, -0.25) is 0 Å². The van der Waals surface area contributed by atoms with Crippen molar-refractivity contribution in [2.24, 2.45) is 0 Å². The Kier molecular flexibility index (Phi) is 5.29. The molecule has 0 aliphatic heterocycles. The molecule has 0 amide bonds. The van der Waals surface area contributed by atoms with Crippen LogP contribution < -0.4 is 10.1 Å². The summed E-state index contributed by atoms with van der Waals surface area (Å²) in [7, 11) is 3.62. The quantitative estimate of drug-likeness (QED) is 0.803. The number of rotatable bonds is 6. The van der Waals surface area contributed by atoms with Gasteiger partial charge in [-0.15, -0.1) is 0 Å². The summed E-state index contributed by atoms with van der Waals surface area (Å²) in [5.41, 5.74) is 1.18. The van der Waals surface area contributed by atoms with E-state index in [-0.39, 0.29) is 12.1 Å². The van der Waals surface area contributed by atoms with E-state index in [4.69, 9.17) is 9.47 Å². The van der Waals surface area contributed by atoms with E-state index in [0.717, 1.165) is 5.75 Å². The van der Waals surface area contributed by atoms with Crippen molar-refractivity contribution in [3.63, 3.8) is 0 Å². The Hall–Kier alpha value is -1.06. The predicted octanol–water partition coefficient (Wildman–Crippen LogP) is 2.38. The van der Waals surface area contributed by atoms with Crippen LogP contribution in [-0.4, -0.2) is 26.9 Å². The Balaban J connectivity index is 2.70. The number of hydrogen-bond donors (Lipinski definition) is 1. The second-order valence-corrected chi connectivity index (χ2v) is 4.00. The maximum atomic E-state index is 5.62. The molecule has 0 aromatic heterocycles. The number of likely N-dealkylation sites (N-methyl/N-ethyl adjacent to an activating group) is 1. The summed E-state index contributed by atoms with van der Waals surface area (Å²) in [6.07, 6.45) is 0.251. The van der Waals surface area contributed by atoms with Crippen LogP contribution in [0.25, 0.3) is 0 Å². The maximum absolute atomic E-state index is 5.62. The topological polar surface area (TPSA) is 30.5 Å². The third-order valence-corrected chi connectivity index (χ3v) is 2.44. The molecule has 1 N–H and O–H groups in total. The number of ether oxygens (including phenoxy) is 2. The first-order valence-corrected chi connectivity index (χ1v) is 5.60. The molecule has 0 heterocycles. The van der Waals surface area contributed by atoms with E-state index in [1.165, 1.54) is 5.56 Å². The van der Waals surface area contributed by atoms with Crippen LogP contribution in [-0.2, 0) is 4.74 Å². The van der Waals surface area contributed by atoms with Crippen molar-refractivity contribution in [2.75, 3.05) is 20.8 Å². The molecule has 1 rings (SSSR count). The highest BCUT2D eigenvalue weighted by Crippen LogP contribution is 2.19. The lowest BCUT2D eigenvalue weighted by molar-refractivity contribution is 0.0626. The molecule has 0 bridgehead atoms. The van der Waals surface area contributed by atoms with Gasteiger partial charge in [-0.1, -0.05) is 12.1 Å². The second-order valence-electron chi connectivity index (χ2n) is 4.00. The van der Waals surface area contributed by atoms with Crippen LogP contribution in [0.4, 0.5) is 0 Å². The lowest BCUT2D eigenvalue weighted by Crippen LogP contribution is -2.23. The first kappa shape index (κ1) is 13.0. The summed E-state index contributed by atoms with van der Waals surface area (Å²) < 4.78 is 10.8. The van der Waals surface area contributed by atoms with Crippen molar-refractivity contribution in [3.8, 4) is 5.75 Å². The molecule has 0 saturated carbocycles. The fourth-order valence-electron chi connectivity index (χ4n) is 1.49. The molecule has 0 spiro atoms. The summed E-state index contributed by atoms with van der Waals surface area (Å²) in [6.45, 7) is 4.75. The van der Waals surface area contributed by atoms with Gasteiger partial charge in [-0.05, 0) is 38.6 Å². The molecule has 0 saturated heterocycles. The van der Waals surface area contributed by atoms with Gasteiger partial charge in [0.1, 0.15) is 5.75 Å². The van der Waals surface area contributed by atoms with Crippen LogP contribution in [0, 0.1) is 0 Å². The van der Waals surface area contributed by atoms with Crippen LogP contribution in [0.15, 0.2) is 24.3 Å². The lowest BCUT2D eigenvalue weighted by atomic mass is 10.1. The third-order valence-electron chi connectivity index (χ3n) is 2.44. The molecule has 1 unspecified atom stereocenters. The molecule has 0 aliphatic rings. The smallest absolute Gasteiger partial charge is 0.119 e. The Labute approximate surface area is 97.8 Å². The van der Waals surface area contributed by atoms with E-state index in [1.54, 1.807) is 7.11 Å². The molecule has 0 fully saturated rings. The molecule has 1 aromatic carbocycles. The average Bonchev–Trinajstić information content (AvgIpc) is 2.30. The van der Waals surface area contributed by atoms with Gasteiger partial charge >= 0.3 is 0 Å². The Bertz CT molecular complexity index is 313. The largest absolute Gasteiger partial charge is 0.497 e. The highest BCUT2D eigenvalue weighted by Gasteiger charge is 2.10. The second kappa shape index (κ2) is 6.51. The SMILES string of the molecule is CNC(COC(C)C)c1cccc(OC)c1. The normalized spacial score (nSPS) is 12.8. The van der Waals surface area contributed by atoms with Gasteiger partial charge in [-0.2, -0.15) is 0 Å². The number of methoxy groups -OCH3 is 1. The minimum Gasteiger partial charge on any atom is -0.497 e. The van der Waals surface area contributed by atoms with Gasteiger partial charge in [0.25, 0.3) is 0 Å². The van der Waals surface area contributed by atoms with Crippen molar-refractivity contribution >= 4 is 0 Å². The van der Waals surface area contributed by atoms with Crippen molar-refractivity contribution in [2.45, 2.75) is 26.0 Å². The average molecular weight is 223 g/mol. The van der Waals surface area contributed by atoms with Gasteiger partial charge in [0.05, 0.1) is 25.9 Å². The van der Waals surface area contributed by atoms with Crippen molar-refractivity contribution < 1.29 is 9.47 Å². The molecule has 1 atom stereocenters. The lowest BCUT2D eigenvalue weighted by Gasteiger charge is -2.19. The molecule has 0 aliphatic carbocycles. The van der Waals surface area contributed by atoms with Crippen LogP contribution in [0.1, 0.15) is 25.5 Å². The zero-order valence-electron chi connectivity index (χ0n) is 10.5. The first-order valence-electron chi connectivity index (χ1n) is 5.60. The molecule has 90 valence electrons. The summed E-state index contributed by atoms with van der Waals surface area (Å²) in [5, 5.41) is 3.24. The maximum Gasteiger partial charge on any atom is 0.119 e. The highest BCUT2D eigenvalue weighted by atomic mass is 16.5. The number of hydrogen-bond acceptors (Lipinski definition) is 3. The van der Waals surface area contributed by atoms with E-state index in [9.17, 15) is 0 Å². The molecule has 0 radical (unpaired) electrons. The van der Waals surface area contributed by atoms with Crippen LogP contribution in [0.3, 0.4) is 0 Å². The minimum atomic E-state index is 0.206. The zero-order chi connectivity index (χ0) is 12.0. The predicted molar refractivity (Wildman–Crippen MR) is 65.9 cm³/mol. The van der Waals surface area contributed by atoms with Gasteiger partial charge in [0.15, 0.2) is 0 Å². The number of nitrogens with one attached hydrogen (secondary N) is 1. The van der Waals surface area contributed by atoms with Crippen LogP contribution in [0.5, 0.6) is 5.75 Å². The summed E-state index contributed by atoms with van der Waals surface area (Å²) in [6, 6.07) is 8.25. The Morgan fingerprint density at radius 3 is 2.62 bits per heavy atom. The molecular weight excluding hydrogens is 202 g/mol. The van der Waals surface area contributed by atoms with Crippen molar-refractivity contribution in [1.82, 2.24) is 5.32 Å². The summed E-state index contributed by atoms with van der Waals surface area (Å²) >= 11 is 0. The van der Waals surface area contributed by atoms with Crippen LogP contribution >= 0.6 is 0 Å². The molecule has 3 heteroatoms. The minimum absolute atomic E-state index is 0.206. The zero-order valence-corrected chi connectivity index (χ0v) is 10.5. The first-order chi connectivity index (χ1) is 7.67. The molecule has 1 aromatic rings. The fourth-order valence-corrected chi connectivity index (χ4v) is 1.49. The van der Waals surface area contributed by atoms with Crippen molar-refractivity contribution in [3.05, 3.63) is 29.8 Å². The van der Waals surface area contributed by atoms with E-state index in [2.05, 4.69) is 11.4 Å². The van der Waals surface area contributed by atoms with Crippen LogP contribution in [0.2, 0.25) is 0 Å². The molecular formula is C13H21NO2.